The van der Waals surface area contributed by atoms with Crippen LogP contribution in [0.3, 0.4) is 0 Å². The van der Waals surface area contributed by atoms with Crippen LogP contribution in [0.15, 0.2) is 16.7 Å². The van der Waals surface area contributed by atoms with Gasteiger partial charge < -0.3 is 10.6 Å². The van der Waals surface area contributed by atoms with Crippen molar-refractivity contribution in [2.75, 3.05) is 11.9 Å². The van der Waals surface area contributed by atoms with Gasteiger partial charge in [-0.3, -0.25) is 14.9 Å². The average molecular weight is 331 g/mol. The first-order valence-electron chi connectivity index (χ1n) is 5.54. The number of amides is 1. The summed E-state index contributed by atoms with van der Waals surface area (Å²) in [6.45, 7) is 5.68. The molecule has 1 heterocycles. The minimum Gasteiger partial charge on any atom is -0.360 e. The van der Waals surface area contributed by atoms with Gasteiger partial charge in [0.15, 0.2) is 0 Å². The molecule has 0 radical (unpaired) electrons. The maximum Gasteiger partial charge on any atom is 0.288 e. The van der Waals surface area contributed by atoms with Gasteiger partial charge in [-0.15, -0.1) is 0 Å². The molecule has 19 heavy (non-hydrogen) atoms. The van der Waals surface area contributed by atoms with Gasteiger partial charge >= 0.3 is 0 Å². The van der Waals surface area contributed by atoms with Crippen molar-refractivity contribution >= 4 is 33.3 Å². The van der Waals surface area contributed by atoms with E-state index in [-0.39, 0.29) is 23.7 Å². The Morgan fingerprint density at radius 2 is 2.16 bits per heavy atom. The molecule has 0 aromatic carbocycles. The van der Waals surface area contributed by atoms with Crippen LogP contribution in [0, 0.1) is 10.1 Å². The van der Waals surface area contributed by atoms with E-state index in [1.165, 1.54) is 6.07 Å². The second-order valence-electron chi connectivity index (χ2n) is 4.93. The van der Waals surface area contributed by atoms with Crippen molar-refractivity contribution < 1.29 is 9.72 Å². The maximum atomic E-state index is 11.6. The normalized spacial score (nSPS) is 10.9. The molecule has 2 N–H and O–H groups in total. The van der Waals surface area contributed by atoms with Gasteiger partial charge in [0, 0.05) is 11.6 Å². The molecule has 0 aliphatic heterocycles. The van der Waals surface area contributed by atoms with Gasteiger partial charge in [-0.1, -0.05) is 0 Å². The molecule has 7 nitrogen and oxygen atoms in total. The number of nitro groups is 1. The molecule has 1 aromatic heterocycles. The number of anilines is 1. The Kier molecular flexibility index (Phi) is 4.82. The molecule has 0 spiro atoms. The molecule has 1 amide bonds. The first kappa shape index (κ1) is 15.4. The lowest BCUT2D eigenvalue weighted by molar-refractivity contribution is -0.385. The highest BCUT2D eigenvalue weighted by molar-refractivity contribution is 9.10. The number of nitrogens with zero attached hydrogens (tertiary/aromatic N) is 2. The van der Waals surface area contributed by atoms with E-state index in [4.69, 9.17) is 0 Å². The molecule has 0 unspecified atom stereocenters. The average Bonchev–Trinajstić information content (AvgIpc) is 2.24. The Hall–Kier alpha value is -1.70. The standard InChI is InChI=1S/C11H15BrN4O3/c1-11(2,3)15-9(17)6-14-10-8(12)4-7(5-13-10)16(18)19/h4-5H,6H2,1-3H3,(H,13,14)(H,15,17). The summed E-state index contributed by atoms with van der Waals surface area (Å²) >= 11 is 3.17. The third-order valence-corrected chi connectivity index (χ3v) is 2.57. The van der Waals surface area contributed by atoms with E-state index in [9.17, 15) is 14.9 Å². The van der Waals surface area contributed by atoms with Crippen LogP contribution in [0.5, 0.6) is 0 Å². The molecule has 1 aromatic rings. The van der Waals surface area contributed by atoms with Gasteiger partial charge in [-0.05, 0) is 36.7 Å². The number of pyridine rings is 1. The van der Waals surface area contributed by atoms with E-state index >= 15 is 0 Å². The zero-order valence-corrected chi connectivity index (χ0v) is 12.4. The van der Waals surface area contributed by atoms with Gasteiger partial charge in [0.1, 0.15) is 12.0 Å². The number of rotatable bonds is 4. The SMILES string of the molecule is CC(C)(C)NC(=O)CNc1ncc([N+](=O)[O-])cc1Br. The van der Waals surface area contributed by atoms with Crippen LogP contribution in [0.2, 0.25) is 0 Å². The number of carbonyl (C=O) groups excluding carboxylic acids is 1. The lowest BCUT2D eigenvalue weighted by Gasteiger charge is -2.20. The Balaban J connectivity index is 2.64. The fourth-order valence-corrected chi connectivity index (χ4v) is 1.76. The zero-order chi connectivity index (χ0) is 14.6. The van der Waals surface area contributed by atoms with Crippen molar-refractivity contribution in [3.63, 3.8) is 0 Å². The van der Waals surface area contributed by atoms with Crippen LogP contribution in [0.1, 0.15) is 20.8 Å². The van der Waals surface area contributed by atoms with Crippen LogP contribution in [-0.2, 0) is 4.79 Å². The molecular formula is C11H15BrN4O3. The molecule has 8 heteroatoms. The fraction of sp³-hybridized carbons (Fsp3) is 0.455. The van der Waals surface area contributed by atoms with Crippen LogP contribution < -0.4 is 10.6 Å². The molecule has 1 rings (SSSR count). The number of aromatic nitrogens is 1. The number of hydrogen-bond donors (Lipinski definition) is 2. The molecule has 0 fully saturated rings. The Morgan fingerprint density at radius 3 is 2.63 bits per heavy atom. The number of halogens is 1. The van der Waals surface area contributed by atoms with Crippen molar-refractivity contribution in [3.8, 4) is 0 Å². The maximum absolute atomic E-state index is 11.6. The highest BCUT2D eigenvalue weighted by atomic mass is 79.9. The second-order valence-corrected chi connectivity index (χ2v) is 5.79. The summed E-state index contributed by atoms with van der Waals surface area (Å²) in [7, 11) is 0. The third-order valence-electron chi connectivity index (χ3n) is 1.97. The molecule has 0 aliphatic rings. The van der Waals surface area contributed by atoms with Gasteiger partial charge in [0.25, 0.3) is 5.69 Å². The first-order valence-corrected chi connectivity index (χ1v) is 6.33. The fourth-order valence-electron chi connectivity index (χ4n) is 1.28. The van der Waals surface area contributed by atoms with E-state index in [1.807, 2.05) is 20.8 Å². The molecule has 0 saturated heterocycles. The Bertz CT molecular complexity index is 499. The van der Waals surface area contributed by atoms with E-state index in [2.05, 4.69) is 31.5 Å². The van der Waals surface area contributed by atoms with Gasteiger partial charge in [0.05, 0.1) is 15.9 Å². The minimum atomic E-state index is -0.534. The largest absolute Gasteiger partial charge is 0.360 e. The van der Waals surface area contributed by atoms with Crippen molar-refractivity contribution in [2.45, 2.75) is 26.3 Å². The quantitative estimate of drug-likeness (QED) is 0.650. The van der Waals surface area contributed by atoms with Gasteiger partial charge in [-0.25, -0.2) is 4.98 Å². The predicted octanol–water partition coefficient (Wildman–Crippen LogP) is 2.08. The third kappa shape index (κ3) is 5.21. The minimum absolute atomic E-state index is 0.0423. The van der Waals surface area contributed by atoms with E-state index in [1.54, 1.807) is 0 Å². The zero-order valence-electron chi connectivity index (χ0n) is 10.9. The second kappa shape index (κ2) is 5.96. The summed E-state index contributed by atoms with van der Waals surface area (Å²) in [6.07, 6.45) is 1.13. The van der Waals surface area contributed by atoms with E-state index < -0.39 is 4.92 Å². The van der Waals surface area contributed by atoms with E-state index in [0.717, 1.165) is 6.20 Å². The highest BCUT2D eigenvalue weighted by Gasteiger charge is 2.15. The van der Waals surface area contributed by atoms with E-state index in [0.29, 0.717) is 10.3 Å². The molecule has 104 valence electrons. The summed E-state index contributed by atoms with van der Waals surface area (Å²) in [6, 6.07) is 1.33. The van der Waals surface area contributed by atoms with Crippen LogP contribution in [0.4, 0.5) is 11.5 Å². The molecule has 0 saturated carbocycles. The van der Waals surface area contributed by atoms with Crippen molar-refractivity contribution in [2.24, 2.45) is 0 Å². The summed E-state index contributed by atoms with van der Waals surface area (Å²) in [5.41, 5.74) is -0.421. The molecule has 0 aliphatic carbocycles. The topological polar surface area (TPSA) is 97.2 Å². The van der Waals surface area contributed by atoms with Crippen LogP contribution in [0.25, 0.3) is 0 Å². The lowest BCUT2D eigenvalue weighted by Crippen LogP contribution is -2.43. The predicted molar refractivity (Wildman–Crippen MR) is 75.0 cm³/mol. The van der Waals surface area contributed by atoms with Crippen LogP contribution in [-0.4, -0.2) is 27.9 Å². The van der Waals surface area contributed by atoms with Crippen molar-refractivity contribution in [3.05, 3.63) is 26.9 Å². The Labute approximate surface area is 119 Å². The Morgan fingerprint density at radius 1 is 1.53 bits per heavy atom. The summed E-state index contributed by atoms with van der Waals surface area (Å²) in [5.74, 6) is 0.203. The summed E-state index contributed by atoms with van der Waals surface area (Å²) in [5, 5.41) is 16.1. The molecule has 0 atom stereocenters. The highest BCUT2D eigenvalue weighted by Crippen LogP contribution is 2.24. The van der Waals surface area contributed by atoms with Crippen molar-refractivity contribution in [1.29, 1.82) is 0 Å². The smallest absolute Gasteiger partial charge is 0.288 e. The number of carbonyl (C=O) groups is 1. The summed E-state index contributed by atoms with van der Waals surface area (Å²) < 4.78 is 0.435. The van der Waals surface area contributed by atoms with Crippen LogP contribution >= 0.6 is 15.9 Å². The number of hydrogen-bond acceptors (Lipinski definition) is 5. The molecule has 0 bridgehead atoms. The van der Waals surface area contributed by atoms with Gasteiger partial charge in [-0.2, -0.15) is 0 Å². The lowest BCUT2D eigenvalue weighted by atomic mass is 10.1. The number of nitrogens with one attached hydrogen (secondary N) is 2. The van der Waals surface area contributed by atoms with Crippen molar-refractivity contribution in [1.82, 2.24) is 10.3 Å². The molecular weight excluding hydrogens is 316 g/mol. The monoisotopic (exact) mass is 330 g/mol. The van der Waals surface area contributed by atoms with Gasteiger partial charge in [0.2, 0.25) is 5.91 Å². The summed E-state index contributed by atoms with van der Waals surface area (Å²) in [4.78, 5) is 25.5. The first-order chi connectivity index (χ1) is 8.69.